The molecule has 2 N–H and O–H groups in total. The Morgan fingerprint density at radius 2 is 2.09 bits per heavy atom. The van der Waals surface area contributed by atoms with Crippen LogP contribution in [-0.4, -0.2) is 71.1 Å². The number of morpholine rings is 1. The second-order valence-electron chi connectivity index (χ2n) is 6.05. The monoisotopic (exact) mass is 309 g/mol. The first-order valence-corrected chi connectivity index (χ1v) is 7.63. The summed E-state index contributed by atoms with van der Waals surface area (Å²) in [6.07, 6.45) is 1.69. The van der Waals surface area contributed by atoms with Gasteiger partial charge >= 0.3 is 0 Å². The van der Waals surface area contributed by atoms with E-state index < -0.39 is 0 Å². The predicted octanol–water partition coefficient (Wildman–Crippen LogP) is -0.409. The van der Waals surface area contributed by atoms with Crippen LogP contribution < -0.4 is 10.6 Å². The molecule has 0 unspecified atom stereocenters. The van der Waals surface area contributed by atoms with Crippen LogP contribution in [0.25, 0.3) is 0 Å². The summed E-state index contributed by atoms with van der Waals surface area (Å²) >= 11 is 0. The molecule has 0 aliphatic carbocycles. The molecule has 8 nitrogen and oxygen atoms in total. The second kappa shape index (κ2) is 7.55. The van der Waals surface area contributed by atoms with Crippen molar-refractivity contribution in [1.82, 2.24) is 30.3 Å². The average molecular weight is 309 g/mol. The molecule has 2 heterocycles. The van der Waals surface area contributed by atoms with Gasteiger partial charge in [0.2, 0.25) is 0 Å². The summed E-state index contributed by atoms with van der Waals surface area (Å²) in [6, 6.07) is 0. The highest BCUT2D eigenvalue weighted by molar-refractivity contribution is 5.79. The third kappa shape index (κ3) is 4.41. The lowest BCUT2D eigenvalue weighted by Gasteiger charge is -2.41. The normalized spacial score (nSPS) is 17.5. The van der Waals surface area contributed by atoms with E-state index in [1.54, 1.807) is 13.4 Å². The van der Waals surface area contributed by atoms with Crippen LogP contribution in [0.2, 0.25) is 0 Å². The minimum Gasteiger partial charge on any atom is -0.379 e. The number of aryl methyl sites for hydroxylation is 1. The molecule has 0 atom stereocenters. The average Bonchev–Trinajstić information content (AvgIpc) is 2.93. The van der Waals surface area contributed by atoms with Crippen molar-refractivity contribution in [2.45, 2.75) is 25.9 Å². The summed E-state index contributed by atoms with van der Waals surface area (Å²) in [5, 5.41) is 14.6. The van der Waals surface area contributed by atoms with E-state index >= 15 is 0 Å². The Kier molecular flexibility index (Phi) is 5.73. The number of aromatic nitrogens is 3. The molecule has 0 aromatic carbocycles. The van der Waals surface area contributed by atoms with Gasteiger partial charge in [0.25, 0.3) is 0 Å². The van der Waals surface area contributed by atoms with Crippen LogP contribution in [0.15, 0.2) is 11.3 Å². The maximum atomic E-state index is 5.42. The molecule has 124 valence electrons. The molecule has 1 aliphatic heterocycles. The van der Waals surface area contributed by atoms with Gasteiger partial charge in [0.1, 0.15) is 6.33 Å². The lowest BCUT2D eigenvalue weighted by atomic mass is 10.0. The fourth-order valence-corrected chi connectivity index (χ4v) is 2.43. The van der Waals surface area contributed by atoms with Crippen molar-refractivity contribution in [3.8, 4) is 0 Å². The van der Waals surface area contributed by atoms with Crippen LogP contribution in [0.4, 0.5) is 0 Å². The molecular formula is C14H27N7O. The highest BCUT2D eigenvalue weighted by Crippen LogP contribution is 2.14. The zero-order valence-corrected chi connectivity index (χ0v) is 14.0. The Morgan fingerprint density at radius 3 is 2.68 bits per heavy atom. The number of nitrogens with one attached hydrogen (secondary N) is 2. The van der Waals surface area contributed by atoms with E-state index in [2.05, 4.69) is 44.6 Å². The van der Waals surface area contributed by atoms with Crippen LogP contribution in [0.1, 0.15) is 19.7 Å². The second-order valence-corrected chi connectivity index (χ2v) is 6.05. The number of rotatable bonds is 5. The first kappa shape index (κ1) is 16.7. The number of guanidine groups is 1. The highest BCUT2D eigenvalue weighted by atomic mass is 16.5. The standard InChI is InChI=1S/C14H27N7O/c1-14(2,21-5-7-22-8-6-21)10-17-13(15-3)16-9-12-19-18-11-20(12)4/h11H,5-10H2,1-4H3,(H2,15,16,17). The van der Waals surface area contributed by atoms with Crippen LogP contribution in [0.3, 0.4) is 0 Å². The molecule has 0 saturated carbocycles. The number of nitrogens with zero attached hydrogens (tertiary/aromatic N) is 5. The number of ether oxygens (including phenoxy) is 1. The summed E-state index contributed by atoms with van der Waals surface area (Å²) in [7, 11) is 3.70. The van der Waals surface area contributed by atoms with Crippen molar-refractivity contribution >= 4 is 5.96 Å². The molecule has 0 radical (unpaired) electrons. The Morgan fingerprint density at radius 1 is 1.36 bits per heavy atom. The SMILES string of the molecule is CN=C(NCc1nncn1C)NCC(C)(C)N1CCOCC1. The lowest BCUT2D eigenvalue weighted by Crippen LogP contribution is -2.56. The van der Waals surface area contributed by atoms with E-state index in [0.717, 1.165) is 44.6 Å². The van der Waals surface area contributed by atoms with Gasteiger partial charge < -0.3 is 19.9 Å². The summed E-state index contributed by atoms with van der Waals surface area (Å²) in [4.78, 5) is 6.70. The number of hydrogen-bond donors (Lipinski definition) is 2. The summed E-state index contributed by atoms with van der Waals surface area (Å²) in [6.45, 7) is 9.44. The Bertz CT molecular complexity index is 491. The maximum Gasteiger partial charge on any atom is 0.191 e. The molecular weight excluding hydrogens is 282 g/mol. The fraction of sp³-hybridized carbons (Fsp3) is 0.786. The van der Waals surface area contributed by atoms with Gasteiger partial charge in [0.15, 0.2) is 11.8 Å². The third-order valence-electron chi connectivity index (χ3n) is 4.00. The van der Waals surface area contributed by atoms with E-state index in [4.69, 9.17) is 4.74 Å². The van der Waals surface area contributed by atoms with Crippen LogP contribution in [0.5, 0.6) is 0 Å². The van der Waals surface area contributed by atoms with Crippen LogP contribution >= 0.6 is 0 Å². The van der Waals surface area contributed by atoms with E-state index in [-0.39, 0.29) is 5.54 Å². The van der Waals surface area contributed by atoms with Crippen molar-refractivity contribution < 1.29 is 4.74 Å². The molecule has 0 spiro atoms. The molecule has 22 heavy (non-hydrogen) atoms. The topological polar surface area (TPSA) is 79.6 Å². The van der Waals surface area contributed by atoms with Crippen molar-refractivity contribution in [2.24, 2.45) is 12.0 Å². The zero-order valence-electron chi connectivity index (χ0n) is 14.0. The number of aliphatic imine (C=N–C) groups is 1. The molecule has 8 heteroatoms. The first-order valence-electron chi connectivity index (χ1n) is 7.63. The molecule has 1 aromatic rings. The van der Waals surface area contributed by atoms with Gasteiger partial charge in [-0.1, -0.05) is 0 Å². The molecule has 2 rings (SSSR count). The predicted molar refractivity (Wildman–Crippen MR) is 85.7 cm³/mol. The first-order chi connectivity index (χ1) is 10.5. The van der Waals surface area contributed by atoms with Crippen molar-refractivity contribution in [3.05, 3.63) is 12.2 Å². The van der Waals surface area contributed by atoms with Crippen molar-refractivity contribution in [2.75, 3.05) is 39.9 Å². The van der Waals surface area contributed by atoms with Gasteiger partial charge in [0.05, 0.1) is 19.8 Å². The van der Waals surface area contributed by atoms with Gasteiger partial charge in [0, 0.05) is 39.3 Å². The van der Waals surface area contributed by atoms with E-state index in [0.29, 0.717) is 6.54 Å². The molecule has 1 fully saturated rings. The minimum absolute atomic E-state index is 0.0478. The van der Waals surface area contributed by atoms with Gasteiger partial charge in [-0.2, -0.15) is 0 Å². The molecule has 1 aromatic heterocycles. The van der Waals surface area contributed by atoms with Crippen molar-refractivity contribution in [3.63, 3.8) is 0 Å². The van der Waals surface area contributed by atoms with Crippen LogP contribution in [0, 0.1) is 0 Å². The third-order valence-corrected chi connectivity index (χ3v) is 4.00. The quantitative estimate of drug-likeness (QED) is 0.569. The van der Waals surface area contributed by atoms with E-state index in [1.165, 1.54) is 0 Å². The Labute approximate surface area is 132 Å². The maximum absolute atomic E-state index is 5.42. The van der Waals surface area contributed by atoms with Gasteiger partial charge in [-0.25, -0.2) is 0 Å². The minimum atomic E-state index is 0.0478. The summed E-state index contributed by atoms with van der Waals surface area (Å²) in [5.41, 5.74) is 0.0478. The molecule has 0 amide bonds. The zero-order chi connectivity index (χ0) is 16.0. The van der Waals surface area contributed by atoms with Gasteiger partial charge in [-0.15, -0.1) is 10.2 Å². The van der Waals surface area contributed by atoms with Crippen molar-refractivity contribution in [1.29, 1.82) is 0 Å². The summed E-state index contributed by atoms with van der Waals surface area (Å²) in [5.74, 6) is 1.64. The van der Waals surface area contributed by atoms with Gasteiger partial charge in [-0.3, -0.25) is 9.89 Å². The molecule has 0 bridgehead atoms. The Balaban J connectivity index is 1.81. The summed E-state index contributed by atoms with van der Waals surface area (Å²) < 4.78 is 7.31. The molecule has 1 saturated heterocycles. The smallest absolute Gasteiger partial charge is 0.191 e. The van der Waals surface area contributed by atoms with E-state index in [9.17, 15) is 0 Å². The van der Waals surface area contributed by atoms with E-state index in [1.807, 2.05) is 11.6 Å². The largest absolute Gasteiger partial charge is 0.379 e. The number of hydrogen-bond acceptors (Lipinski definition) is 5. The highest BCUT2D eigenvalue weighted by Gasteiger charge is 2.28. The fourth-order valence-electron chi connectivity index (χ4n) is 2.43. The lowest BCUT2D eigenvalue weighted by molar-refractivity contribution is -0.00834. The van der Waals surface area contributed by atoms with Crippen LogP contribution in [-0.2, 0) is 18.3 Å². The Hall–Kier alpha value is -1.67. The van der Waals surface area contributed by atoms with Gasteiger partial charge in [-0.05, 0) is 13.8 Å². The molecule has 1 aliphatic rings.